The van der Waals surface area contributed by atoms with E-state index in [1.165, 1.54) is 0 Å². The number of aryl methyl sites for hydroxylation is 1. The highest BCUT2D eigenvalue weighted by molar-refractivity contribution is 5.93. The molecule has 0 aliphatic rings. The first-order valence-electron chi connectivity index (χ1n) is 6.93. The number of hydrogen-bond acceptors (Lipinski definition) is 5. The van der Waals surface area contributed by atoms with Gasteiger partial charge in [0, 0.05) is 25.6 Å². The van der Waals surface area contributed by atoms with Gasteiger partial charge in [0.15, 0.2) is 5.82 Å². The Balaban J connectivity index is 1.92. The third-order valence-electron chi connectivity index (χ3n) is 3.13. The minimum absolute atomic E-state index is 0.0761. The van der Waals surface area contributed by atoms with Crippen LogP contribution in [0.25, 0.3) is 0 Å². The Bertz CT molecular complexity index is 592. The van der Waals surface area contributed by atoms with Crippen LogP contribution in [0.5, 0.6) is 0 Å². The molecule has 0 fully saturated rings. The van der Waals surface area contributed by atoms with Gasteiger partial charge < -0.3 is 9.84 Å². The predicted octanol–water partition coefficient (Wildman–Crippen LogP) is 1.62. The van der Waals surface area contributed by atoms with Crippen molar-refractivity contribution in [3.8, 4) is 0 Å². The van der Waals surface area contributed by atoms with E-state index in [0.717, 1.165) is 24.4 Å². The van der Waals surface area contributed by atoms with Crippen LogP contribution in [0, 0.1) is 0 Å². The molecule has 0 aliphatic carbocycles. The van der Waals surface area contributed by atoms with E-state index in [0.29, 0.717) is 18.0 Å². The van der Waals surface area contributed by atoms with Gasteiger partial charge in [-0.3, -0.25) is 9.69 Å². The minimum Gasteiger partial charge on any atom is -0.355 e. The zero-order valence-corrected chi connectivity index (χ0v) is 12.6. The minimum atomic E-state index is -0.0761. The maximum atomic E-state index is 11.5. The summed E-state index contributed by atoms with van der Waals surface area (Å²) in [5.41, 5.74) is 1.79. The molecule has 0 radical (unpaired) electrons. The Morgan fingerprint density at radius 2 is 2.00 bits per heavy atom. The molecule has 0 aliphatic heterocycles. The van der Waals surface area contributed by atoms with Gasteiger partial charge in [-0.05, 0) is 24.7 Å². The van der Waals surface area contributed by atoms with Crippen molar-refractivity contribution >= 4 is 5.91 Å². The van der Waals surface area contributed by atoms with E-state index in [2.05, 4.69) is 20.4 Å². The van der Waals surface area contributed by atoms with Gasteiger partial charge in [-0.25, -0.2) is 0 Å². The SMILES string of the molecule is CCc1noc(CN(C)Cc2ccc(C(=O)NC)cc2)n1. The molecule has 6 heteroatoms. The third-order valence-corrected chi connectivity index (χ3v) is 3.13. The summed E-state index contributed by atoms with van der Waals surface area (Å²) in [6.45, 7) is 3.34. The van der Waals surface area contributed by atoms with Gasteiger partial charge in [-0.15, -0.1) is 0 Å². The second kappa shape index (κ2) is 6.99. The molecule has 0 unspecified atom stereocenters. The summed E-state index contributed by atoms with van der Waals surface area (Å²) in [5, 5.41) is 6.48. The topological polar surface area (TPSA) is 71.3 Å². The maximum absolute atomic E-state index is 11.5. The fraction of sp³-hybridized carbons (Fsp3) is 0.400. The standard InChI is InChI=1S/C15H20N4O2/c1-4-13-17-14(21-18-13)10-19(3)9-11-5-7-12(8-6-11)15(20)16-2/h5-8H,4,9-10H2,1-3H3,(H,16,20). The van der Waals surface area contributed by atoms with Crippen LogP contribution < -0.4 is 5.32 Å². The Hall–Kier alpha value is -2.21. The predicted molar refractivity (Wildman–Crippen MR) is 78.7 cm³/mol. The van der Waals surface area contributed by atoms with Crippen molar-refractivity contribution in [2.45, 2.75) is 26.4 Å². The zero-order chi connectivity index (χ0) is 15.2. The maximum Gasteiger partial charge on any atom is 0.251 e. The Morgan fingerprint density at radius 1 is 1.29 bits per heavy atom. The van der Waals surface area contributed by atoms with Gasteiger partial charge in [0.2, 0.25) is 5.89 Å². The molecule has 0 saturated carbocycles. The molecule has 1 N–H and O–H groups in total. The average molecular weight is 288 g/mol. The molecule has 112 valence electrons. The number of nitrogens with one attached hydrogen (secondary N) is 1. The van der Waals surface area contributed by atoms with Crippen molar-refractivity contribution in [3.63, 3.8) is 0 Å². The van der Waals surface area contributed by atoms with Gasteiger partial charge >= 0.3 is 0 Å². The van der Waals surface area contributed by atoms with Crippen LogP contribution in [-0.4, -0.2) is 35.0 Å². The first kappa shape index (κ1) is 15.2. The van der Waals surface area contributed by atoms with Crippen molar-refractivity contribution < 1.29 is 9.32 Å². The van der Waals surface area contributed by atoms with Crippen LogP contribution in [-0.2, 0) is 19.5 Å². The van der Waals surface area contributed by atoms with Crippen molar-refractivity contribution in [3.05, 3.63) is 47.1 Å². The van der Waals surface area contributed by atoms with Gasteiger partial charge in [0.25, 0.3) is 5.91 Å². The van der Waals surface area contributed by atoms with E-state index in [1.807, 2.05) is 38.2 Å². The van der Waals surface area contributed by atoms with Gasteiger partial charge in [0.1, 0.15) is 0 Å². The monoisotopic (exact) mass is 288 g/mol. The number of hydrogen-bond donors (Lipinski definition) is 1. The van der Waals surface area contributed by atoms with Crippen LogP contribution in [0.2, 0.25) is 0 Å². The lowest BCUT2D eigenvalue weighted by Crippen LogP contribution is -2.19. The number of carbonyl (C=O) groups is 1. The van der Waals surface area contributed by atoms with Crippen LogP contribution in [0.3, 0.4) is 0 Å². The molecule has 0 atom stereocenters. The Kier molecular flexibility index (Phi) is 5.05. The van der Waals surface area contributed by atoms with Crippen molar-refractivity contribution in [2.75, 3.05) is 14.1 Å². The fourth-order valence-corrected chi connectivity index (χ4v) is 2.00. The first-order chi connectivity index (χ1) is 10.1. The molecule has 1 amide bonds. The van der Waals surface area contributed by atoms with Crippen LogP contribution in [0.4, 0.5) is 0 Å². The van der Waals surface area contributed by atoms with Gasteiger partial charge in [-0.1, -0.05) is 24.2 Å². The number of carbonyl (C=O) groups excluding carboxylic acids is 1. The molecule has 0 spiro atoms. The van der Waals surface area contributed by atoms with E-state index in [1.54, 1.807) is 7.05 Å². The van der Waals surface area contributed by atoms with E-state index in [4.69, 9.17) is 4.52 Å². The van der Waals surface area contributed by atoms with Crippen LogP contribution in [0.15, 0.2) is 28.8 Å². The summed E-state index contributed by atoms with van der Waals surface area (Å²) in [6.07, 6.45) is 0.772. The first-order valence-corrected chi connectivity index (χ1v) is 6.93. The number of amides is 1. The van der Waals surface area contributed by atoms with E-state index >= 15 is 0 Å². The lowest BCUT2D eigenvalue weighted by molar-refractivity contribution is 0.0963. The quantitative estimate of drug-likeness (QED) is 0.874. The molecular weight excluding hydrogens is 268 g/mol. The molecule has 0 bridgehead atoms. The summed E-state index contributed by atoms with van der Waals surface area (Å²) < 4.78 is 5.17. The number of benzene rings is 1. The molecule has 2 aromatic rings. The molecule has 1 aromatic carbocycles. The largest absolute Gasteiger partial charge is 0.355 e. The highest BCUT2D eigenvalue weighted by atomic mass is 16.5. The number of aromatic nitrogens is 2. The second-order valence-corrected chi connectivity index (χ2v) is 4.91. The van der Waals surface area contributed by atoms with E-state index in [9.17, 15) is 4.79 Å². The van der Waals surface area contributed by atoms with Crippen LogP contribution >= 0.6 is 0 Å². The number of rotatable bonds is 6. The summed E-state index contributed by atoms with van der Waals surface area (Å²) in [7, 11) is 3.61. The van der Waals surface area contributed by atoms with Crippen LogP contribution in [0.1, 0.15) is 34.6 Å². The zero-order valence-electron chi connectivity index (χ0n) is 12.6. The highest BCUT2D eigenvalue weighted by Crippen LogP contribution is 2.09. The summed E-state index contributed by atoms with van der Waals surface area (Å²) in [6, 6.07) is 7.55. The molecular formula is C15H20N4O2. The highest BCUT2D eigenvalue weighted by Gasteiger charge is 2.09. The van der Waals surface area contributed by atoms with Gasteiger partial charge in [-0.2, -0.15) is 4.98 Å². The summed E-state index contributed by atoms with van der Waals surface area (Å²) in [4.78, 5) is 17.8. The van der Waals surface area contributed by atoms with E-state index < -0.39 is 0 Å². The fourth-order valence-electron chi connectivity index (χ4n) is 2.00. The third kappa shape index (κ3) is 4.13. The van der Waals surface area contributed by atoms with Gasteiger partial charge in [0.05, 0.1) is 6.54 Å². The lowest BCUT2D eigenvalue weighted by Gasteiger charge is -2.14. The molecule has 1 heterocycles. The van der Waals surface area contributed by atoms with Crippen molar-refractivity contribution in [2.24, 2.45) is 0 Å². The van der Waals surface area contributed by atoms with E-state index in [-0.39, 0.29) is 5.91 Å². The molecule has 2 rings (SSSR count). The Labute approximate surface area is 124 Å². The lowest BCUT2D eigenvalue weighted by atomic mass is 10.1. The smallest absolute Gasteiger partial charge is 0.251 e. The molecule has 0 saturated heterocycles. The van der Waals surface area contributed by atoms with Crippen molar-refractivity contribution in [1.82, 2.24) is 20.4 Å². The normalized spacial score (nSPS) is 10.9. The number of nitrogens with zero attached hydrogens (tertiary/aromatic N) is 3. The van der Waals surface area contributed by atoms with Crippen molar-refractivity contribution in [1.29, 1.82) is 0 Å². The molecule has 21 heavy (non-hydrogen) atoms. The Morgan fingerprint density at radius 3 is 2.57 bits per heavy atom. The summed E-state index contributed by atoms with van der Waals surface area (Å²) >= 11 is 0. The molecule has 6 nitrogen and oxygen atoms in total. The summed E-state index contributed by atoms with van der Waals surface area (Å²) in [5.74, 6) is 1.28. The second-order valence-electron chi connectivity index (χ2n) is 4.91. The molecule has 1 aromatic heterocycles. The average Bonchev–Trinajstić information content (AvgIpc) is 2.94.